The van der Waals surface area contributed by atoms with E-state index in [1.165, 1.54) is 0 Å². The molecule has 8 aromatic rings. The van der Waals surface area contributed by atoms with Crippen LogP contribution in [0.1, 0.15) is 0 Å². The van der Waals surface area contributed by atoms with Crippen molar-refractivity contribution in [3.05, 3.63) is 140 Å². The minimum atomic E-state index is 0.688. The Balaban J connectivity index is 1.36. The molecule has 40 heavy (non-hydrogen) atoms. The summed E-state index contributed by atoms with van der Waals surface area (Å²) in [5, 5.41) is 1.13. The zero-order chi connectivity index (χ0) is 26.5. The van der Waals surface area contributed by atoms with Crippen LogP contribution in [-0.2, 0) is 0 Å². The monoisotopic (exact) mass is 513 g/mol. The van der Waals surface area contributed by atoms with Crippen LogP contribution in [0, 0.1) is 0 Å². The van der Waals surface area contributed by atoms with Crippen LogP contribution in [0.25, 0.3) is 67.3 Å². The molecule has 0 saturated heterocycles. The molecule has 0 spiro atoms. The average molecular weight is 514 g/mol. The summed E-state index contributed by atoms with van der Waals surface area (Å²) in [6.07, 6.45) is 2.07. The van der Waals surface area contributed by atoms with E-state index < -0.39 is 0 Å². The van der Waals surface area contributed by atoms with Crippen LogP contribution in [0.2, 0.25) is 0 Å². The molecule has 0 radical (unpaired) electrons. The fraction of sp³-hybridized carbons (Fsp3) is 0. The molecule has 0 saturated carbocycles. The second-order valence-electron chi connectivity index (χ2n) is 9.81. The third-order valence-electron chi connectivity index (χ3n) is 7.34. The Morgan fingerprint density at radius 3 is 1.90 bits per heavy atom. The van der Waals surface area contributed by atoms with Crippen molar-refractivity contribution in [2.45, 2.75) is 0 Å². The highest BCUT2D eigenvalue weighted by molar-refractivity contribution is 6.07. The van der Waals surface area contributed by atoms with Crippen LogP contribution < -0.4 is 0 Å². The highest BCUT2D eigenvalue weighted by atomic mass is 15.1. The van der Waals surface area contributed by atoms with Crippen molar-refractivity contribution < 1.29 is 0 Å². The third-order valence-corrected chi connectivity index (χ3v) is 7.34. The number of benzene rings is 4. The molecule has 0 aliphatic heterocycles. The largest absolute Gasteiger partial charge is 0.294 e. The van der Waals surface area contributed by atoms with Gasteiger partial charge in [-0.25, -0.2) is 15.0 Å². The molecule has 0 aliphatic rings. The van der Waals surface area contributed by atoms with Gasteiger partial charge in [0.05, 0.1) is 16.9 Å². The Morgan fingerprint density at radius 2 is 1.15 bits per heavy atom. The maximum absolute atomic E-state index is 5.05. The molecule has 0 N–H and O–H groups in total. The molecule has 0 atom stereocenters. The minimum absolute atomic E-state index is 0.688. The van der Waals surface area contributed by atoms with E-state index in [4.69, 9.17) is 15.0 Å². The van der Waals surface area contributed by atoms with Gasteiger partial charge in [-0.1, -0.05) is 97.1 Å². The summed E-state index contributed by atoms with van der Waals surface area (Å²) in [5.41, 5.74) is 9.95. The lowest BCUT2D eigenvalue weighted by molar-refractivity contribution is 1.09. The molecule has 0 bridgehead atoms. The molecule has 0 amide bonds. The summed E-state index contributed by atoms with van der Waals surface area (Å²) in [5.74, 6) is 0.688. The van der Waals surface area contributed by atoms with Crippen molar-refractivity contribution in [2.24, 2.45) is 0 Å². The van der Waals surface area contributed by atoms with Gasteiger partial charge in [-0.15, -0.1) is 0 Å². The van der Waals surface area contributed by atoms with E-state index in [9.17, 15) is 0 Å². The quantitative estimate of drug-likeness (QED) is 0.238. The first kappa shape index (κ1) is 22.4. The molecule has 4 aromatic carbocycles. The minimum Gasteiger partial charge on any atom is -0.294 e. The molecule has 8 rings (SSSR count). The number of nitrogens with zero attached hydrogens (tertiary/aromatic N) is 5. The standard InChI is InChI=1S/C35H23N5/c1-3-12-24(13-4-1)29-23-30(25-14-5-2-6-15-25)37-34(36-29)26-16-11-17-27(22-26)40-31-19-8-7-18-28(31)33-35(40)39-21-10-9-20-32(39)38-33/h1-23H. The highest BCUT2D eigenvalue weighted by Crippen LogP contribution is 2.34. The molecule has 0 fully saturated rings. The van der Waals surface area contributed by atoms with E-state index in [-0.39, 0.29) is 0 Å². The second kappa shape index (κ2) is 9.03. The van der Waals surface area contributed by atoms with Gasteiger partial charge in [0.15, 0.2) is 11.5 Å². The van der Waals surface area contributed by atoms with Gasteiger partial charge in [0, 0.05) is 34.0 Å². The van der Waals surface area contributed by atoms with Crippen LogP contribution >= 0.6 is 0 Å². The molecular weight excluding hydrogens is 490 g/mol. The van der Waals surface area contributed by atoms with E-state index in [0.717, 1.165) is 61.5 Å². The Hall–Kier alpha value is -5.55. The predicted octanol–water partition coefficient (Wildman–Crippen LogP) is 8.22. The van der Waals surface area contributed by atoms with Crippen LogP contribution in [0.4, 0.5) is 0 Å². The molecule has 0 aliphatic carbocycles. The van der Waals surface area contributed by atoms with Crippen molar-refractivity contribution in [3.63, 3.8) is 0 Å². The molecule has 4 aromatic heterocycles. The molecular formula is C35H23N5. The third kappa shape index (κ3) is 3.60. The summed E-state index contributed by atoms with van der Waals surface area (Å²) in [6, 6.07) is 45.6. The number of pyridine rings is 1. The number of hydrogen-bond acceptors (Lipinski definition) is 3. The summed E-state index contributed by atoms with van der Waals surface area (Å²) in [4.78, 5) is 15.1. The number of para-hydroxylation sites is 1. The van der Waals surface area contributed by atoms with Crippen molar-refractivity contribution in [1.82, 2.24) is 23.9 Å². The van der Waals surface area contributed by atoms with Crippen molar-refractivity contribution >= 4 is 27.7 Å². The molecule has 0 unspecified atom stereocenters. The number of rotatable bonds is 4. The molecule has 4 heterocycles. The number of imidazole rings is 1. The van der Waals surface area contributed by atoms with Crippen molar-refractivity contribution in [2.75, 3.05) is 0 Å². The van der Waals surface area contributed by atoms with Crippen molar-refractivity contribution in [3.8, 4) is 39.6 Å². The molecule has 5 nitrogen and oxygen atoms in total. The van der Waals surface area contributed by atoms with Crippen LogP contribution in [-0.4, -0.2) is 23.9 Å². The van der Waals surface area contributed by atoms with Gasteiger partial charge >= 0.3 is 0 Å². The van der Waals surface area contributed by atoms with E-state index in [2.05, 4.69) is 94.0 Å². The maximum Gasteiger partial charge on any atom is 0.160 e. The van der Waals surface area contributed by atoms with E-state index >= 15 is 0 Å². The zero-order valence-electron chi connectivity index (χ0n) is 21.5. The van der Waals surface area contributed by atoms with Crippen LogP contribution in [0.3, 0.4) is 0 Å². The summed E-state index contributed by atoms with van der Waals surface area (Å²) in [7, 11) is 0. The van der Waals surface area contributed by atoms with E-state index in [1.807, 2.05) is 54.6 Å². The van der Waals surface area contributed by atoms with Crippen molar-refractivity contribution in [1.29, 1.82) is 0 Å². The van der Waals surface area contributed by atoms with Gasteiger partial charge in [0.25, 0.3) is 0 Å². The Bertz CT molecular complexity index is 2090. The van der Waals surface area contributed by atoms with E-state index in [1.54, 1.807) is 0 Å². The first-order valence-corrected chi connectivity index (χ1v) is 13.3. The lowest BCUT2D eigenvalue weighted by Gasteiger charge is -2.12. The first-order chi connectivity index (χ1) is 19.8. The summed E-state index contributed by atoms with van der Waals surface area (Å²) >= 11 is 0. The molecule has 188 valence electrons. The number of hydrogen-bond donors (Lipinski definition) is 0. The van der Waals surface area contributed by atoms with Crippen LogP contribution in [0.5, 0.6) is 0 Å². The lowest BCUT2D eigenvalue weighted by atomic mass is 10.1. The highest BCUT2D eigenvalue weighted by Gasteiger charge is 2.18. The van der Waals surface area contributed by atoms with Gasteiger partial charge in [0.2, 0.25) is 0 Å². The average Bonchev–Trinajstić information content (AvgIpc) is 3.57. The second-order valence-corrected chi connectivity index (χ2v) is 9.81. The Morgan fingerprint density at radius 1 is 0.500 bits per heavy atom. The first-order valence-electron chi connectivity index (χ1n) is 13.3. The summed E-state index contributed by atoms with van der Waals surface area (Å²) < 4.78 is 4.44. The smallest absolute Gasteiger partial charge is 0.160 e. The SMILES string of the molecule is c1ccc(-c2cc(-c3ccccc3)nc(-c3cccc(-n4c5ccccc5c5nc6ccccn6c54)c3)n2)cc1. The lowest BCUT2D eigenvalue weighted by Crippen LogP contribution is -1.99. The van der Waals surface area contributed by atoms with Gasteiger partial charge in [0.1, 0.15) is 11.2 Å². The fourth-order valence-electron chi connectivity index (χ4n) is 5.50. The van der Waals surface area contributed by atoms with E-state index in [0.29, 0.717) is 5.82 Å². The van der Waals surface area contributed by atoms with Gasteiger partial charge in [-0.05, 0) is 36.4 Å². The van der Waals surface area contributed by atoms with Gasteiger partial charge in [-0.2, -0.15) is 0 Å². The Kier molecular flexibility index (Phi) is 5.07. The number of aromatic nitrogens is 5. The van der Waals surface area contributed by atoms with Gasteiger partial charge < -0.3 is 0 Å². The summed E-state index contributed by atoms with van der Waals surface area (Å²) in [6.45, 7) is 0. The molecule has 5 heteroatoms. The number of fused-ring (bicyclic) bond motifs is 5. The van der Waals surface area contributed by atoms with Gasteiger partial charge in [-0.3, -0.25) is 8.97 Å². The maximum atomic E-state index is 5.05. The zero-order valence-corrected chi connectivity index (χ0v) is 21.5. The van der Waals surface area contributed by atoms with Crippen LogP contribution in [0.15, 0.2) is 140 Å². The normalized spacial score (nSPS) is 11.5. The predicted molar refractivity (Wildman–Crippen MR) is 161 cm³/mol. The Labute approximate surface area is 230 Å². The fourth-order valence-corrected chi connectivity index (χ4v) is 5.50. The topological polar surface area (TPSA) is 48.0 Å².